The summed E-state index contributed by atoms with van der Waals surface area (Å²) in [6.45, 7) is 4.51. The van der Waals surface area contributed by atoms with Crippen molar-refractivity contribution < 1.29 is 8.42 Å². The highest BCUT2D eigenvalue weighted by molar-refractivity contribution is 14.0. The third kappa shape index (κ3) is 13.6. The summed E-state index contributed by atoms with van der Waals surface area (Å²) in [5.74, 6) is 1.65. The van der Waals surface area contributed by atoms with Gasteiger partial charge >= 0.3 is 0 Å². The van der Waals surface area contributed by atoms with Crippen LogP contribution in [0.4, 0.5) is 0 Å². The van der Waals surface area contributed by atoms with E-state index >= 15 is 0 Å². The first-order chi connectivity index (χ1) is 11.4. The van der Waals surface area contributed by atoms with Crippen molar-refractivity contribution >= 4 is 63.3 Å². The summed E-state index contributed by atoms with van der Waals surface area (Å²) in [6.07, 6.45) is 1.81. The lowest BCUT2D eigenvalue weighted by molar-refractivity contribution is 0.585. The van der Waals surface area contributed by atoms with E-state index in [4.69, 9.17) is 11.6 Å². The number of nitrogens with one attached hydrogen (secondary N) is 3. The third-order valence-corrected chi connectivity index (χ3v) is 4.78. The van der Waals surface area contributed by atoms with Gasteiger partial charge in [-0.15, -0.1) is 35.7 Å². The highest BCUT2D eigenvalue weighted by Gasteiger charge is 2.00. The van der Waals surface area contributed by atoms with E-state index in [2.05, 4.69) is 20.3 Å². The van der Waals surface area contributed by atoms with Gasteiger partial charge in [-0.05, 0) is 37.6 Å². The average molecular weight is 521 g/mol. The molecule has 25 heavy (non-hydrogen) atoms. The topological polar surface area (TPSA) is 82.6 Å². The maximum Gasteiger partial charge on any atom is 0.208 e. The molecule has 0 unspecified atom stereocenters. The predicted octanol–water partition coefficient (Wildman–Crippen LogP) is 2.54. The van der Waals surface area contributed by atoms with Gasteiger partial charge in [0, 0.05) is 41.8 Å². The van der Waals surface area contributed by atoms with Crippen LogP contribution in [0.3, 0.4) is 0 Å². The second kappa shape index (κ2) is 13.9. The van der Waals surface area contributed by atoms with Gasteiger partial charge in [-0.2, -0.15) is 0 Å². The minimum absolute atomic E-state index is 0. The Morgan fingerprint density at radius 3 is 2.48 bits per heavy atom. The van der Waals surface area contributed by atoms with Gasteiger partial charge in [0.05, 0.1) is 6.26 Å². The molecule has 0 aliphatic rings. The summed E-state index contributed by atoms with van der Waals surface area (Å²) in [6, 6.07) is 7.77. The van der Waals surface area contributed by atoms with Crippen molar-refractivity contribution in [3.05, 3.63) is 29.3 Å². The van der Waals surface area contributed by atoms with Gasteiger partial charge in [-0.3, -0.25) is 4.99 Å². The summed E-state index contributed by atoms with van der Waals surface area (Å²) in [5.41, 5.74) is 0. The van der Waals surface area contributed by atoms with Crippen molar-refractivity contribution in [2.75, 3.05) is 38.2 Å². The fraction of sp³-hybridized carbons (Fsp3) is 0.533. The smallest absolute Gasteiger partial charge is 0.208 e. The molecule has 0 aliphatic heterocycles. The molecule has 6 nitrogen and oxygen atoms in total. The fourth-order valence-corrected chi connectivity index (χ4v) is 3.15. The van der Waals surface area contributed by atoms with Crippen molar-refractivity contribution in [3.8, 4) is 0 Å². The Morgan fingerprint density at radius 1 is 1.20 bits per heavy atom. The third-order valence-electron chi connectivity index (χ3n) is 2.79. The van der Waals surface area contributed by atoms with Crippen molar-refractivity contribution in [2.24, 2.45) is 4.99 Å². The Hall–Kier alpha value is -0.230. The van der Waals surface area contributed by atoms with Gasteiger partial charge in [0.2, 0.25) is 10.0 Å². The molecule has 0 saturated carbocycles. The molecule has 0 saturated heterocycles. The van der Waals surface area contributed by atoms with Gasteiger partial charge in [0.1, 0.15) is 0 Å². The molecule has 1 rings (SSSR count). The van der Waals surface area contributed by atoms with Crippen LogP contribution in [0.1, 0.15) is 13.3 Å². The molecule has 3 N–H and O–H groups in total. The standard InChI is InChI=1S/C15H25ClN4O2S2.HI/c1-3-17-15(18-9-4-10-20-24(2,21)22)19-11-12-23-14-7-5-13(16)6-8-14;/h5-8,20H,3-4,9-12H2,1-2H3,(H2,17,18,19);1H. The number of halogens is 2. The highest BCUT2D eigenvalue weighted by atomic mass is 127. The van der Waals surface area contributed by atoms with E-state index in [1.807, 2.05) is 31.2 Å². The van der Waals surface area contributed by atoms with Gasteiger partial charge in [-0.25, -0.2) is 13.1 Å². The lowest BCUT2D eigenvalue weighted by Crippen LogP contribution is -2.38. The molecule has 0 fully saturated rings. The largest absolute Gasteiger partial charge is 0.357 e. The second-order valence-corrected chi connectivity index (χ2v) is 8.45. The number of nitrogens with zero attached hydrogens (tertiary/aromatic N) is 1. The molecule has 0 atom stereocenters. The van der Waals surface area contributed by atoms with Crippen molar-refractivity contribution in [3.63, 3.8) is 0 Å². The van der Waals surface area contributed by atoms with Crippen LogP contribution in [0.5, 0.6) is 0 Å². The van der Waals surface area contributed by atoms with Gasteiger partial charge in [-0.1, -0.05) is 11.6 Å². The molecule has 0 aliphatic carbocycles. The van der Waals surface area contributed by atoms with Crippen molar-refractivity contribution in [2.45, 2.75) is 18.2 Å². The van der Waals surface area contributed by atoms with Crippen LogP contribution in [0, 0.1) is 0 Å². The molecule has 1 aromatic rings. The molecule has 0 heterocycles. The van der Waals surface area contributed by atoms with E-state index in [1.165, 1.54) is 4.90 Å². The monoisotopic (exact) mass is 520 g/mol. The quantitative estimate of drug-likeness (QED) is 0.145. The Labute approximate surface area is 177 Å². The summed E-state index contributed by atoms with van der Waals surface area (Å²) >= 11 is 7.60. The fourth-order valence-electron chi connectivity index (χ4n) is 1.74. The first kappa shape index (κ1) is 24.8. The first-order valence-corrected chi connectivity index (χ1v) is 11.0. The summed E-state index contributed by atoms with van der Waals surface area (Å²) in [7, 11) is -3.12. The Bertz CT molecular complexity index is 612. The highest BCUT2D eigenvalue weighted by Crippen LogP contribution is 2.19. The Morgan fingerprint density at radius 2 is 1.88 bits per heavy atom. The number of benzene rings is 1. The molecule has 10 heteroatoms. The lowest BCUT2D eigenvalue weighted by Gasteiger charge is -2.11. The lowest BCUT2D eigenvalue weighted by atomic mass is 10.4. The normalized spacial score (nSPS) is 11.7. The van der Waals surface area contributed by atoms with Gasteiger partial charge in [0.15, 0.2) is 5.96 Å². The number of thioether (sulfide) groups is 1. The molecule has 144 valence electrons. The van der Waals surface area contributed by atoms with E-state index in [0.29, 0.717) is 19.5 Å². The van der Waals surface area contributed by atoms with Crippen LogP contribution < -0.4 is 15.4 Å². The molecular weight excluding hydrogens is 495 g/mol. The van der Waals surface area contributed by atoms with Crippen LogP contribution in [-0.4, -0.2) is 52.6 Å². The number of hydrogen-bond donors (Lipinski definition) is 3. The molecule has 0 radical (unpaired) electrons. The Kier molecular flexibility index (Phi) is 13.8. The first-order valence-electron chi connectivity index (χ1n) is 7.76. The number of aliphatic imine (C=N–C) groups is 1. The molecule has 0 amide bonds. The molecule has 0 spiro atoms. The van der Waals surface area contributed by atoms with Crippen LogP contribution in [0.25, 0.3) is 0 Å². The zero-order chi connectivity index (χ0) is 17.8. The molecular formula is C15H26ClIN4O2S2. The average Bonchev–Trinajstić information content (AvgIpc) is 2.51. The summed E-state index contributed by atoms with van der Waals surface area (Å²) < 4.78 is 24.4. The molecule has 0 aromatic heterocycles. The van der Waals surface area contributed by atoms with E-state index in [-0.39, 0.29) is 24.0 Å². The van der Waals surface area contributed by atoms with Gasteiger partial charge < -0.3 is 10.6 Å². The van der Waals surface area contributed by atoms with Crippen LogP contribution >= 0.6 is 47.3 Å². The summed E-state index contributed by atoms with van der Waals surface area (Å²) in [5, 5.41) is 7.17. The molecule has 0 bridgehead atoms. The van der Waals surface area contributed by atoms with Gasteiger partial charge in [0.25, 0.3) is 0 Å². The minimum Gasteiger partial charge on any atom is -0.357 e. The van der Waals surface area contributed by atoms with E-state index in [0.717, 1.165) is 36.1 Å². The predicted molar refractivity (Wildman–Crippen MR) is 119 cm³/mol. The molecule has 1 aromatic carbocycles. The van der Waals surface area contributed by atoms with Crippen LogP contribution in [0.15, 0.2) is 34.2 Å². The number of hydrogen-bond acceptors (Lipinski definition) is 4. The van der Waals surface area contributed by atoms with Crippen LogP contribution in [-0.2, 0) is 10.0 Å². The Balaban J connectivity index is 0.00000576. The number of rotatable bonds is 10. The van der Waals surface area contributed by atoms with Crippen LogP contribution in [0.2, 0.25) is 5.02 Å². The second-order valence-electron chi connectivity index (χ2n) is 5.01. The summed E-state index contributed by atoms with van der Waals surface area (Å²) in [4.78, 5) is 5.60. The zero-order valence-corrected chi connectivity index (χ0v) is 19.1. The maximum atomic E-state index is 11.0. The van der Waals surface area contributed by atoms with Crippen molar-refractivity contribution in [1.29, 1.82) is 0 Å². The number of sulfonamides is 1. The maximum absolute atomic E-state index is 11.0. The van der Waals surface area contributed by atoms with E-state index in [9.17, 15) is 8.42 Å². The SMILES string of the molecule is CCNC(=NCCCNS(C)(=O)=O)NCCSc1ccc(Cl)cc1.I. The van der Waals surface area contributed by atoms with E-state index < -0.39 is 10.0 Å². The van der Waals surface area contributed by atoms with Crippen molar-refractivity contribution in [1.82, 2.24) is 15.4 Å². The van der Waals surface area contributed by atoms with E-state index in [1.54, 1.807) is 11.8 Å². The minimum atomic E-state index is -3.12. The number of guanidine groups is 1. The zero-order valence-electron chi connectivity index (χ0n) is 14.4.